The molecule has 0 aliphatic heterocycles. The van der Waals surface area contributed by atoms with Gasteiger partial charge >= 0.3 is 5.97 Å². The van der Waals surface area contributed by atoms with E-state index in [1.54, 1.807) is 7.11 Å². The first-order chi connectivity index (χ1) is 8.54. The van der Waals surface area contributed by atoms with Gasteiger partial charge in [-0.3, -0.25) is 0 Å². The van der Waals surface area contributed by atoms with Gasteiger partial charge in [0.05, 0.1) is 7.11 Å². The minimum absolute atomic E-state index is 0.169. The second-order valence-corrected chi connectivity index (χ2v) is 3.95. The zero-order valence-corrected chi connectivity index (χ0v) is 10.4. The predicted molar refractivity (Wildman–Crippen MR) is 64.9 cm³/mol. The number of methoxy groups -OCH3 is 1. The molecular formula is C13H13NO4. The smallest absolute Gasteiger partial charge is 0.374 e. The Morgan fingerprint density at radius 3 is 2.61 bits per heavy atom. The summed E-state index contributed by atoms with van der Waals surface area (Å²) >= 11 is 0. The SMILES string of the molecule is COc1ccc(-c2cc(C(=O)O)on2)c(C)c1C. The first-order valence-electron chi connectivity index (χ1n) is 5.39. The van der Waals surface area contributed by atoms with Crippen LogP contribution >= 0.6 is 0 Å². The van der Waals surface area contributed by atoms with Crippen LogP contribution in [0, 0.1) is 13.8 Å². The summed E-state index contributed by atoms with van der Waals surface area (Å²) < 4.78 is 9.97. The minimum Gasteiger partial charge on any atom is -0.496 e. The fourth-order valence-electron chi connectivity index (χ4n) is 1.80. The van der Waals surface area contributed by atoms with Crippen LogP contribution in [0.2, 0.25) is 0 Å². The quantitative estimate of drug-likeness (QED) is 0.902. The highest BCUT2D eigenvalue weighted by Crippen LogP contribution is 2.30. The molecule has 94 valence electrons. The molecule has 1 N–H and O–H groups in total. The van der Waals surface area contributed by atoms with Crippen LogP contribution in [0.4, 0.5) is 0 Å². The van der Waals surface area contributed by atoms with Gasteiger partial charge in [0.2, 0.25) is 5.76 Å². The summed E-state index contributed by atoms with van der Waals surface area (Å²) in [7, 11) is 1.61. The molecule has 1 heterocycles. The molecule has 0 saturated carbocycles. The van der Waals surface area contributed by atoms with E-state index in [0.29, 0.717) is 5.69 Å². The molecule has 5 nitrogen and oxygen atoms in total. The van der Waals surface area contributed by atoms with Gasteiger partial charge in [-0.05, 0) is 37.1 Å². The van der Waals surface area contributed by atoms with Gasteiger partial charge in [-0.15, -0.1) is 0 Å². The lowest BCUT2D eigenvalue weighted by molar-refractivity contribution is 0.0652. The fraction of sp³-hybridized carbons (Fsp3) is 0.231. The summed E-state index contributed by atoms with van der Waals surface area (Å²) in [5.74, 6) is -0.507. The summed E-state index contributed by atoms with van der Waals surface area (Å²) in [6, 6.07) is 5.08. The van der Waals surface area contributed by atoms with E-state index in [4.69, 9.17) is 14.4 Å². The van der Waals surface area contributed by atoms with E-state index < -0.39 is 5.97 Å². The number of aromatic carboxylic acids is 1. The topological polar surface area (TPSA) is 72.6 Å². The van der Waals surface area contributed by atoms with Crippen LogP contribution in [0.1, 0.15) is 21.7 Å². The molecule has 0 fully saturated rings. The van der Waals surface area contributed by atoms with E-state index in [0.717, 1.165) is 22.4 Å². The van der Waals surface area contributed by atoms with Crippen molar-refractivity contribution in [2.24, 2.45) is 0 Å². The molecule has 2 rings (SSSR count). The van der Waals surface area contributed by atoms with Crippen LogP contribution in [-0.4, -0.2) is 23.3 Å². The van der Waals surface area contributed by atoms with Crippen LogP contribution in [0.15, 0.2) is 22.7 Å². The molecule has 0 spiro atoms. The third-order valence-corrected chi connectivity index (χ3v) is 2.95. The zero-order valence-electron chi connectivity index (χ0n) is 10.4. The Hall–Kier alpha value is -2.30. The molecule has 0 atom stereocenters. The molecule has 2 aromatic rings. The molecule has 0 bridgehead atoms. The van der Waals surface area contributed by atoms with E-state index in [1.165, 1.54) is 6.07 Å². The summed E-state index contributed by atoms with van der Waals surface area (Å²) in [4.78, 5) is 10.7. The molecule has 0 amide bonds. The Bertz CT molecular complexity index is 601. The molecule has 0 saturated heterocycles. The average Bonchev–Trinajstić information content (AvgIpc) is 2.82. The zero-order chi connectivity index (χ0) is 13.3. The number of rotatable bonds is 3. The van der Waals surface area contributed by atoms with Gasteiger partial charge in [0.1, 0.15) is 11.4 Å². The van der Waals surface area contributed by atoms with Crippen molar-refractivity contribution in [3.63, 3.8) is 0 Å². The highest BCUT2D eigenvalue weighted by Gasteiger charge is 2.15. The normalized spacial score (nSPS) is 10.4. The van der Waals surface area contributed by atoms with Gasteiger partial charge in [-0.2, -0.15) is 0 Å². The molecule has 0 aliphatic carbocycles. The van der Waals surface area contributed by atoms with Crippen LogP contribution in [0.5, 0.6) is 5.75 Å². The Morgan fingerprint density at radius 2 is 2.06 bits per heavy atom. The van der Waals surface area contributed by atoms with Crippen molar-refractivity contribution in [2.45, 2.75) is 13.8 Å². The number of benzene rings is 1. The molecule has 1 aromatic carbocycles. The number of carboxylic acid groups (broad SMARTS) is 1. The second kappa shape index (κ2) is 4.52. The first kappa shape index (κ1) is 12.2. The van der Waals surface area contributed by atoms with Crippen molar-refractivity contribution >= 4 is 5.97 Å². The minimum atomic E-state index is -1.13. The lowest BCUT2D eigenvalue weighted by Gasteiger charge is -2.10. The van der Waals surface area contributed by atoms with Crippen molar-refractivity contribution in [1.29, 1.82) is 0 Å². The molecule has 0 radical (unpaired) electrons. The summed E-state index contributed by atoms with van der Waals surface area (Å²) in [6.07, 6.45) is 0. The second-order valence-electron chi connectivity index (χ2n) is 3.95. The summed E-state index contributed by atoms with van der Waals surface area (Å²) in [6.45, 7) is 3.87. The maximum atomic E-state index is 10.7. The lowest BCUT2D eigenvalue weighted by atomic mass is 10.00. The van der Waals surface area contributed by atoms with E-state index >= 15 is 0 Å². The molecule has 0 unspecified atom stereocenters. The Morgan fingerprint density at radius 1 is 1.33 bits per heavy atom. The number of carbonyl (C=O) groups is 1. The van der Waals surface area contributed by atoms with Crippen molar-refractivity contribution < 1.29 is 19.2 Å². The van der Waals surface area contributed by atoms with Crippen molar-refractivity contribution in [3.05, 3.63) is 35.1 Å². The molecule has 1 aromatic heterocycles. The highest BCUT2D eigenvalue weighted by atomic mass is 16.5. The number of hydrogen-bond donors (Lipinski definition) is 1. The van der Waals surface area contributed by atoms with Crippen LogP contribution < -0.4 is 4.74 Å². The Kier molecular flexibility index (Phi) is 3.06. The van der Waals surface area contributed by atoms with Gasteiger partial charge in [-0.25, -0.2) is 4.79 Å². The summed E-state index contributed by atoms with van der Waals surface area (Å²) in [5.41, 5.74) is 3.33. The molecule has 18 heavy (non-hydrogen) atoms. The predicted octanol–water partition coefficient (Wildman–Crippen LogP) is 2.67. The van der Waals surface area contributed by atoms with Crippen LogP contribution in [0.3, 0.4) is 0 Å². The van der Waals surface area contributed by atoms with Crippen molar-refractivity contribution in [3.8, 4) is 17.0 Å². The summed E-state index contributed by atoms with van der Waals surface area (Å²) in [5, 5.41) is 12.6. The van der Waals surface area contributed by atoms with E-state index in [9.17, 15) is 4.79 Å². The van der Waals surface area contributed by atoms with E-state index in [2.05, 4.69) is 5.16 Å². The standard InChI is InChI=1S/C13H13NO4/c1-7-8(2)11(17-3)5-4-9(7)10-6-12(13(15)16)18-14-10/h4-6H,1-3H3,(H,15,16). The van der Waals surface area contributed by atoms with Crippen molar-refractivity contribution in [2.75, 3.05) is 7.11 Å². The van der Waals surface area contributed by atoms with E-state index in [-0.39, 0.29) is 5.76 Å². The van der Waals surface area contributed by atoms with Gasteiger partial charge in [-0.1, -0.05) is 5.16 Å². The number of hydrogen-bond acceptors (Lipinski definition) is 4. The van der Waals surface area contributed by atoms with Crippen molar-refractivity contribution in [1.82, 2.24) is 5.16 Å². The highest BCUT2D eigenvalue weighted by molar-refractivity contribution is 5.86. The van der Waals surface area contributed by atoms with Gasteiger partial charge in [0.15, 0.2) is 0 Å². The fourth-order valence-corrected chi connectivity index (χ4v) is 1.80. The first-order valence-corrected chi connectivity index (χ1v) is 5.39. The molecular weight excluding hydrogens is 234 g/mol. The van der Waals surface area contributed by atoms with Gasteiger partial charge < -0.3 is 14.4 Å². The Balaban J connectivity index is 2.50. The average molecular weight is 247 g/mol. The van der Waals surface area contributed by atoms with Gasteiger partial charge in [0.25, 0.3) is 0 Å². The third-order valence-electron chi connectivity index (χ3n) is 2.95. The van der Waals surface area contributed by atoms with E-state index in [1.807, 2.05) is 26.0 Å². The number of ether oxygens (including phenoxy) is 1. The maximum Gasteiger partial charge on any atom is 0.374 e. The monoisotopic (exact) mass is 247 g/mol. The lowest BCUT2D eigenvalue weighted by Crippen LogP contribution is -1.93. The maximum absolute atomic E-state index is 10.7. The number of aromatic nitrogens is 1. The van der Waals surface area contributed by atoms with Crippen LogP contribution in [-0.2, 0) is 0 Å². The van der Waals surface area contributed by atoms with Crippen LogP contribution in [0.25, 0.3) is 11.3 Å². The largest absolute Gasteiger partial charge is 0.496 e. The Labute approximate surface area is 104 Å². The number of nitrogens with zero attached hydrogens (tertiary/aromatic N) is 1. The third kappa shape index (κ3) is 1.95. The molecule has 5 heteroatoms. The van der Waals surface area contributed by atoms with Gasteiger partial charge in [0, 0.05) is 11.6 Å². The molecule has 0 aliphatic rings. The number of carboxylic acids is 1.